The van der Waals surface area contributed by atoms with Crippen molar-refractivity contribution in [2.75, 3.05) is 0 Å². The van der Waals surface area contributed by atoms with Crippen LogP contribution in [0.15, 0.2) is 151 Å². The molecule has 5 heteroatoms. The standard InChI is InChI=1S/C46H27N5/c47-27-30-10-7-20-44-40(25-30)37-15-2-4-17-41(37)50(44)34-13-8-11-32(26-34)39-24-31(28-48)22-23-35(39)36-14-1-5-18-42(36)51-43-19-6-3-16-38(43)46-33(29-49)12-9-21-45(46)51/h1-19,21-26H,20H2. The largest absolute Gasteiger partial charge is 0.313 e. The summed E-state index contributed by atoms with van der Waals surface area (Å²) >= 11 is 0. The first-order valence-electron chi connectivity index (χ1n) is 16.8. The van der Waals surface area contributed by atoms with Crippen LogP contribution in [0.2, 0.25) is 0 Å². The van der Waals surface area contributed by atoms with E-state index in [1.165, 1.54) is 0 Å². The maximum Gasteiger partial charge on any atom is 0.0998 e. The molecule has 2 heterocycles. The SMILES string of the molecule is N#CC1=Cc2c(n(-c3cccc(-c4cc(C#N)ccc4-c4ccccc4-n4c5ccccc5c5c(C#N)cccc54)c3)c3ccccc23)CC=C1. The number of benzene rings is 6. The maximum absolute atomic E-state index is 10.1. The number of rotatable bonds is 4. The van der Waals surface area contributed by atoms with Crippen LogP contribution in [-0.4, -0.2) is 9.13 Å². The molecular weight excluding hydrogens is 623 g/mol. The minimum absolute atomic E-state index is 0.576. The number of hydrogen-bond donors (Lipinski definition) is 0. The molecular formula is C46H27N5. The highest BCUT2D eigenvalue weighted by Crippen LogP contribution is 2.41. The number of allylic oxidation sites excluding steroid dienone is 3. The van der Waals surface area contributed by atoms with Crippen LogP contribution in [0.4, 0.5) is 0 Å². The average Bonchev–Trinajstić information content (AvgIpc) is 3.60. The molecule has 1 aliphatic rings. The summed E-state index contributed by atoms with van der Waals surface area (Å²) < 4.78 is 4.54. The molecule has 51 heavy (non-hydrogen) atoms. The zero-order valence-corrected chi connectivity index (χ0v) is 27.4. The first kappa shape index (κ1) is 29.7. The van der Waals surface area contributed by atoms with Gasteiger partial charge in [0.15, 0.2) is 0 Å². The van der Waals surface area contributed by atoms with Gasteiger partial charge in [0, 0.05) is 45.1 Å². The third-order valence-corrected chi connectivity index (χ3v) is 9.87. The Balaban J connectivity index is 1.28. The van der Waals surface area contributed by atoms with Crippen LogP contribution in [0.25, 0.3) is 72.4 Å². The molecule has 0 amide bonds. The lowest BCUT2D eigenvalue weighted by molar-refractivity contribution is 1.00. The summed E-state index contributed by atoms with van der Waals surface area (Å²) in [6, 6.07) is 52.3. The number of nitriles is 3. The summed E-state index contributed by atoms with van der Waals surface area (Å²) in [7, 11) is 0. The van der Waals surface area contributed by atoms with Crippen LogP contribution < -0.4 is 0 Å². The number of fused-ring (bicyclic) bond motifs is 6. The van der Waals surface area contributed by atoms with E-state index in [9.17, 15) is 15.8 Å². The van der Waals surface area contributed by atoms with E-state index in [1.54, 1.807) is 0 Å². The predicted octanol–water partition coefficient (Wildman–Crippen LogP) is 10.8. The molecule has 8 aromatic rings. The van der Waals surface area contributed by atoms with Crippen molar-refractivity contribution < 1.29 is 0 Å². The molecule has 6 aromatic carbocycles. The third-order valence-electron chi connectivity index (χ3n) is 9.87. The molecule has 0 saturated carbocycles. The Kier molecular flexibility index (Phi) is 6.96. The summed E-state index contributed by atoms with van der Waals surface area (Å²) in [5.41, 5.74) is 13.0. The lowest BCUT2D eigenvalue weighted by Crippen LogP contribution is -2.01. The molecule has 0 spiro atoms. The maximum atomic E-state index is 10.1. The molecule has 5 nitrogen and oxygen atoms in total. The van der Waals surface area contributed by atoms with Gasteiger partial charge in [-0.3, -0.25) is 0 Å². The second-order valence-electron chi connectivity index (χ2n) is 12.6. The van der Waals surface area contributed by atoms with Gasteiger partial charge in [-0.1, -0.05) is 84.9 Å². The Morgan fingerprint density at radius 2 is 1.29 bits per heavy atom. The molecule has 0 N–H and O–H groups in total. The van der Waals surface area contributed by atoms with E-state index in [4.69, 9.17) is 0 Å². The van der Waals surface area contributed by atoms with Crippen molar-refractivity contribution in [3.63, 3.8) is 0 Å². The Bertz CT molecular complexity index is 2930. The van der Waals surface area contributed by atoms with Gasteiger partial charge in [-0.2, -0.15) is 15.8 Å². The van der Waals surface area contributed by atoms with Crippen molar-refractivity contribution in [3.8, 4) is 51.8 Å². The van der Waals surface area contributed by atoms with Gasteiger partial charge in [0.1, 0.15) is 0 Å². The van der Waals surface area contributed by atoms with Crippen LogP contribution in [0.1, 0.15) is 22.4 Å². The number of para-hydroxylation sites is 3. The topological polar surface area (TPSA) is 81.2 Å². The Morgan fingerprint density at radius 1 is 0.549 bits per heavy atom. The molecule has 0 bridgehead atoms. The summed E-state index contributed by atoms with van der Waals surface area (Å²) in [6.07, 6.45) is 6.62. The Morgan fingerprint density at radius 3 is 2.12 bits per heavy atom. The van der Waals surface area contributed by atoms with E-state index in [0.29, 0.717) is 23.1 Å². The fraction of sp³-hybridized carbons (Fsp3) is 0.0217. The number of nitrogens with zero attached hydrogens (tertiary/aromatic N) is 5. The summed E-state index contributed by atoms with van der Waals surface area (Å²) in [5.74, 6) is 0. The van der Waals surface area contributed by atoms with E-state index >= 15 is 0 Å². The minimum Gasteiger partial charge on any atom is -0.313 e. The minimum atomic E-state index is 0.576. The van der Waals surface area contributed by atoms with Gasteiger partial charge < -0.3 is 9.13 Å². The van der Waals surface area contributed by atoms with Crippen molar-refractivity contribution >= 4 is 38.8 Å². The number of aromatic nitrogens is 2. The summed E-state index contributed by atoms with van der Waals surface area (Å²) in [4.78, 5) is 0. The van der Waals surface area contributed by atoms with Gasteiger partial charge in [-0.25, -0.2) is 0 Å². The molecule has 0 aliphatic heterocycles. The van der Waals surface area contributed by atoms with Crippen LogP contribution in [-0.2, 0) is 6.42 Å². The zero-order chi connectivity index (χ0) is 34.5. The van der Waals surface area contributed by atoms with Crippen LogP contribution in [0, 0.1) is 34.0 Å². The molecule has 0 radical (unpaired) electrons. The fourth-order valence-electron chi connectivity index (χ4n) is 7.71. The average molecular weight is 650 g/mol. The summed E-state index contributed by atoms with van der Waals surface area (Å²) in [5, 5.41) is 32.9. The second-order valence-corrected chi connectivity index (χ2v) is 12.6. The lowest BCUT2D eigenvalue weighted by atomic mass is 9.91. The second kappa shape index (κ2) is 11.9. The van der Waals surface area contributed by atoms with Crippen molar-refractivity contribution in [1.82, 2.24) is 9.13 Å². The van der Waals surface area contributed by atoms with Crippen molar-refractivity contribution in [3.05, 3.63) is 174 Å². The highest BCUT2D eigenvalue weighted by molar-refractivity contribution is 6.12. The van der Waals surface area contributed by atoms with E-state index in [1.807, 2.05) is 78.9 Å². The quantitative estimate of drug-likeness (QED) is 0.190. The van der Waals surface area contributed by atoms with Crippen LogP contribution >= 0.6 is 0 Å². The van der Waals surface area contributed by atoms with Gasteiger partial charge >= 0.3 is 0 Å². The van der Waals surface area contributed by atoms with Gasteiger partial charge in [0.05, 0.1) is 57.1 Å². The molecule has 0 atom stereocenters. The molecule has 9 rings (SSSR count). The number of hydrogen-bond acceptors (Lipinski definition) is 3. The molecule has 1 aliphatic carbocycles. The van der Waals surface area contributed by atoms with E-state index < -0.39 is 0 Å². The monoisotopic (exact) mass is 649 g/mol. The van der Waals surface area contributed by atoms with Gasteiger partial charge in [-0.15, -0.1) is 0 Å². The Labute approximate surface area is 294 Å². The third kappa shape index (κ3) is 4.67. The molecule has 2 aromatic heterocycles. The highest BCUT2D eigenvalue weighted by Gasteiger charge is 2.21. The first-order valence-corrected chi connectivity index (χ1v) is 16.8. The van der Waals surface area contributed by atoms with Crippen molar-refractivity contribution in [2.24, 2.45) is 0 Å². The molecule has 0 unspecified atom stereocenters. The van der Waals surface area contributed by atoms with Crippen LogP contribution in [0.5, 0.6) is 0 Å². The van der Waals surface area contributed by atoms with Gasteiger partial charge in [0.25, 0.3) is 0 Å². The highest BCUT2D eigenvalue weighted by atomic mass is 15.0. The lowest BCUT2D eigenvalue weighted by Gasteiger charge is -2.18. The van der Waals surface area contributed by atoms with E-state index in [-0.39, 0.29) is 0 Å². The zero-order valence-electron chi connectivity index (χ0n) is 27.4. The smallest absolute Gasteiger partial charge is 0.0998 e. The normalized spacial score (nSPS) is 12.2. The predicted molar refractivity (Wildman–Crippen MR) is 204 cm³/mol. The Hall–Kier alpha value is -7.39. The molecule has 0 fully saturated rings. The van der Waals surface area contributed by atoms with Crippen LogP contribution in [0.3, 0.4) is 0 Å². The van der Waals surface area contributed by atoms with Crippen molar-refractivity contribution in [1.29, 1.82) is 15.8 Å². The summed E-state index contributed by atoms with van der Waals surface area (Å²) in [6.45, 7) is 0. The molecule has 236 valence electrons. The van der Waals surface area contributed by atoms with Crippen molar-refractivity contribution in [2.45, 2.75) is 6.42 Å². The van der Waals surface area contributed by atoms with Gasteiger partial charge in [-0.05, 0) is 83.4 Å². The van der Waals surface area contributed by atoms with E-state index in [2.05, 4.69) is 100 Å². The first-order chi connectivity index (χ1) is 25.2. The molecule has 0 saturated heterocycles. The van der Waals surface area contributed by atoms with E-state index in [0.717, 1.165) is 77.6 Å². The van der Waals surface area contributed by atoms with Gasteiger partial charge in [0.2, 0.25) is 0 Å². The fourth-order valence-corrected chi connectivity index (χ4v) is 7.71.